The summed E-state index contributed by atoms with van der Waals surface area (Å²) in [5.41, 5.74) is 1.33. The third kappa shape index (κ3) is 5.32. The molecule has 35 heavy (non-hydrogen) atoms. The Morgan fingerprint density at radius 1 is 1.11 bits per heavy atom. The number of carbonyl (C=O) groups is 3. The summed E-state index contributed by atoms with van der Waals surface area (Å²) in [6.45, 7) is -0.387. The molecular formula is C23H26N4O8. The van der Waals surface area contributed by atoms with Crippen molar-refractivity contribution >= 4 is 23.5 Å². The summed E-state index contributed by atoms with van der Waals surface area (Å²) in [6, 6.07) is 5.87. The highest BCUT2D eigenvalue weighted by Gasteiger charge is 2.29. The zero-order valence-electron chi connectivity index (χ0n) is 19.7. The van der Waals surface area contributed by atoms with Crippen LogP contribution in [-0.4, -0.2) is 63.7 Å². The van der Waals surface area contributed by atoms with E-state index in [-0.39, 0.29) is 24.4 Å². The van der Waals surface area contributed by atoms with E-state index < -0.39 is 34.8 Å². The van der Waals surface area contributed by atoms with E-state index in [1.165, 1.54) is 20.3 Å². The number of rotatable bonds is 5. The molecule has 0 fully saturated rings. The smallest absolute Gasteiger partial charge is 0.328 e. The third-order valence-electron chi connectivity index (χ3n) is 5.61. The van der Waals surface area contributed by atoms with E-state index in [0.717, 1.165) is 7.11 Å². The molecule has 2 amide bonds. The number of likely N-dealkylation sites (N-methyl/N-ethyl adjacent to an activating group) is 1. The Bertz CT molecular complexity index is 1170. The molecular weight excluding hydrogens is 460 g/mol. The number of methoxy groups -OCH3 is 3. The van der Waals surface area contributed by atoms with Crippen molar-refractivity contribution in [3.05, 3.63) is 51.6 Å². The molecule has 0 saturated heterocycles. The standard InChI is InChI=1S/C23H26N4O8/c1-24-20-13-5-6-18(33-2)14(10-13)15-7-12(9-17(27(31)32)21(15)34-3)8-16(23(30)35-4)26-19(28)11-25-22(20)29/h5-7,9-10,16,20,24H,8,11H2,1-4H3,(H,25,29)(H,26,28)/t16-,20-/m0/s1. The highest BCUT2D eigenvalue weighted by Crippen LogP contribution is 2.43. The number of hydrogen-bond donors (Lipinski definition) is 3. The first-order valence-electron chi connectivity index (χ1n) is 10.6. The van der Waals surface area contributed by atoms with Gasteiger partial charge in [0.15, 0.2) is 0 Å². The number of esters is 1. The van der Waals surface area contributed by atoms with Crippen LogP contribution in [0, 0.1) is 10.1 Å². The summed E-state index contributed by atoms with van der Waals surface area (Å²) >= 11 is 0. The first kappa shape index (κ1) is 25.4. The second kappa shape index (κ2) is 10.8. The molecule has 3 rings (SSSR count). The van der Waals surface area contributed by atoms with Gasteiger partial charge in [-0.2, -0.15) is 0 Å². The molecule has 2 aromatic carbocycles. The van der Waals surface area contributed by atoms with Gasteiger partial charge in [-0.1, -0.05) is 6.07 Å². The van der Waals surface area contributed by atoms with Crippen LogP contribution in [0.1, 0.15) is 17.2 Å². The van der Waals surface area contributed by atoms with Gasteiger partial charge in [-0.25, -0.2) is 4.79 Å². The van der Waals surface area contributed by atoms with Gasteiger partial charge in [0.25, 0.3) is 0 Å². The van der Waals surface area contributed by atoms with Crippen LogP contribution in [0.2, 0.25) is 0 Å². The molecule has 1 aliphatic heterocycles. The summed E-state index contributed by atoms with van der Waals surface area (Å²) in [6.07, 6.45) is -0.106. The van der Waals surface area contributed by atoms with E-state index in [9.17, 15) is 24.5 Å². The topological polar surface area (TPSA) is 158 Å². The highest BCUT2D eigenvalue weighted by molar-refractivity contribution is 5.91. The van der Waals surface area contributed by atoms with Crippen molar-refractivity contribution in [2.75, 3.05) is 34.9 Å². The van der Waals surface area contributed by atoms with E-state index in [4.69, 9.17) is 14.2 Å². The zero-order chi connectivity index (χ0) is 25.7. The van der Waals surface area contributed by atoms with Crippen LogP contribution in [0.5, 0.6) is 11.5 Å². The lowest BCUT2D eigenvalue weighted by atomic mass is 9.93. The van der Waals surface area contributed by atoms with Crippen molar-refractivity contribution in [1.29, 1.82) is 0 Å². The maximum Gasteiger partial charge on any atom is 0.328 e. The Labute approximate surface area is 201 Å². The van der Waals surface area contributed by atoms with Gasteiger partial charge in [-0.15, -0.1) is 0 Å². The van der Waals surface area contributed by atoms with Crippen molar-refractivity contribution in [3.63, 3.8) is 0 Å². The molecule has 0 aromatic heterocycles. The van der Waals surface area contributed by atoms with Crippen LogP contribution >= 0.6 is 0 Å². The Morgan fingerprint density at radius 2 is 1.86 bits per heavy atom. The number of ether oxygens (including phenoxy) is 3. The number of benzene rings is 2. The van der Waals surface area contributed by atoms with Gasteiger partial charge in [-0.3, -0.25) is 19.7 Å². The minimum atomic E-state index is -1.15. The lowest BCUT2D eigenvalue weighted by Crippen LogP contribution is -2.48. The summed E-state index contributed by atoms with van der Waals surface area (Å²) < 4.78 is 15.7. The average Bonchev–Trinajstić information content (AvgIpc) is 2.85. The van der Waals surface area contributed by atoms with Crippen LogP contribution in [0.15, 0.2) is 30.3 Å². The van der Waals surface area contributed by atoms with Crippen molar-refractivity contribution in [2.24, 2.45) is 0 Å². The largest absolute Gasteiger partial charge is 0.496 e. The molecule has 4 bridgehead atoms. The molecule has 2 aromatic rings. The molecule has 0 saturated carbocycles. The maximum atomic E-state index is 12.8. The average molecular weight is 486 g/mol. The first-order chi connectivity index (χ1) is 16.7. The van der Waals surface area contributed by atoms with Gasteiger partial charge in [0.05, 0.1) is 32.8 Å². The molecule has 2 atom stereocenters. The summed E-state index contributed by atoms with van der Waals surface area (Å²) in [4.78, 5) is 49.0. The predicted octanol–water partition coefficient (Wildman–Crippen LogP) is 0.870. The molecule has 186 valence electrons. The highest BCUT2D eigenvalue weighted by atomic mass is 16.6. The van der Waals surface area contributed by atoms with Gasteiger partial charge in [0.1, 0.15) is 17.8 Å². The minimum Gasteiger partial charge on any atom is -0.496 e. The SMILES string of the molecule is CN[C@@H]1C(=O)NCC(=O)N[C@H](C(=O)OC)Cc2cc(c(OC)c([N+](=O)[O-])c2)-c2cc1ccc2OC. The lowest BCUT2D eigenvalue weighted by Gasteiger charge is -2.22. The molecule has 3 N–H and O–H groups in total. The molecule has 12 heteroatoms. The fourth-order valence-electron chi connectivity index (χ4n) is 3.99. The molecule has 0 spiro atoms. The van der Waals surface area contributed by atoms with E-state index in [0.29, 0.717) is 28.0 Å². The Hall–Kier alpha value is -4.19. The fraction of sp³-hybridized carbons (Fsp3) is 0.348. The van der Waals surface area contributed by atoms with Crippen molar-refractivity contribution in [1.82, 2.24) is 16.0 Å². The second-order valence-corrected chi connectivity index (χ2v) is 7.70. The van der Waals surface area contributed by atoms with Gasteiger partial charge in [0.2, 0.25) is 17.6 Å². The minimum absolute atomic E-state index is 0.0228. The Balaban J connectivity index is 2.34. The molecule has 0 radical (unpaired) electrons. The molecule has 0 unspecified atom stereocenters. The summed E-state index contributed by atoms with van der Waals surface area (Å²) in [5, 5.41) is 19.9. The van der Waals surface area contributed by atoms with Crippen LogP contribution in [0.25, 0.3) is 11.1 Å². The normalized spacial score (nSPS) is 17.9. The van der Waals surface area contributed by atoms with Crippen LogP contribution in [0.3, 0.4) is 0 Å². The number of nitrogens with one attached hydrogen (secondary N) is 3. The quantitative estimate of drug-likeness (QED) is 0.317. The molecule has 1 heterocycles. The summed E-state index contributed by atoms with van der Waals surface area (Å²) in [5.74, 6) is -1.50. The van der Waals surface area contributed by atoms with Gasteiger partial charge in [-0.05, 0) is 36.4 Å². The van der Waals surface area contributed by atoms with Crippen LogP contribution in [0.4, 0.5) is 5.69 Å². The van der Waals surface area contributed by atoms with E-state index in [2.05, 4.69) is 16.0 Å². The van der Waals surface area contributed by atoms with E-state index >= 15 is 0 Å². The predicted molar refractivity (Wildman–Crippen MR) is 124 cm³/mol. The number of carbonyl (C=O) groups excluding carboxylic acids is 3. The Morgan fingerprint density at radius 3 is 2.46 bits per heavy atom. The third-order valence-corrected chi connectivity index (χ3v) is 5.61. The zero-order valence-corrected chi connectivity index (χ0v) is 19.7. The number of nitro benzene ring substituents is 1. The monoisotopic (exact) mass is 486 g/mol. The van der Waals surface area contributed by atoms with E-state index in [1.807, 2.05) is 0 Å². The lowest BCUT2D eigenvalue weighted by molar-refractivity contribution is -0.385. The number of fused-ring (bicyclic) bond motifs is 5. The summed E-state index contributed by atoms with van der Waals surface area (Å²) in [7, 11) is 5.50. The van der Waals surface area contributed by atoms with Crippen molar-refractivity contribution in [2.45, 2.75) is 18.5 Å². The molecule has 12 nitrogen and oxygen atoms in total. The second-order valence-electron chi connectivity index (χ2n) is 7.70. The molecule has 0 aliphatic carbocycles. The van der Waals surface area contributed by atoms with Crippen LogP contribution in [-0.2, 0) is 25.5 Å². The van der Waals surface area contributed by atoms with Gasteiger partial charge >= 0.3 is 11.7 Å². The number of nitro groups is 1. The number of amides is 2. The number of nitrogens with zero attached hydrogens (tertiary/aromatic N) is 1. The fourth-order valence-corrected chi connectivity index (χ4v) is 3.99. The van der Waals surface area contributed by atoms with Gasteiger partial charge in [0, 0.05) is 23.6 Å². The van der Waals surface area contributed by atoms with Crippen molar-refractivity contribution in [3.8, 4) is 22.6 Å². The van der Waals surface area contributed by atoms with E-state index in [1.54, 1.807) is 31.3 Å². The van der Waals surface area contributed by atoms with Gasteiger partial charge < -0.3 is 30.2 Å². The first-order valence-corrected chi connectivity index (χ1v) is 10.6. The van der Waals surface area contributed by atoms with Crippen molar-refractivity contribution < 1.29 is 33.5 Å². The molecule has 1 aliphatic rings. The number of hydrogen-bond acceptors (Lipinski definition) is 9. The maximum absolute atomic E-state index is 12.8. The Kier molecular flexibility index (Phi) is 7.87. The van der Waals surface area contributed by atoms with Crippen LogP contribution < -0.4 is 25.4 Å².